The van der Waals surface area contributed by atoms with Crippen molar-refractivity contribution in [2.24, 2.45) is 11.3 Å². The highest BCUT2D eigenvalue weighted by atomic mass is 32.2. The predicted octanol–water partition coefficient (Wildman–Crippen LogP) is 5.13. The van der Waals surface area contributed by atoms with Crippen molar-refractivity contribution in [2.75, 3.05) is 6.54 Å². The summed E-state index contributed by atoms with van der Waals surface area (Å²) in [5.41, 5.74) is 1.58. The molecule has 2 nitrogen and oxygen atoms in total. The first-order chi connectivity index (χ1) is 9.90. The molecule has 0 aromatic carbocycles. The lowest BCUT2D eigenvalue weighted by Gasteiger charge is -2.41. The van der Waals surface area contributed by atoms with Gasteiger partial charge in [0, 0.05) is 22.4 Å². The maximum Gasteiger partial charge on any atom is 0.150 e. The van der Waals surface area contributed by atoms with Crippen LogP contribution in [0.5, 0.6) is 0 Å². The highest BCUT2D eigenvalue weighted by Crippen LogP contribution is 2.43. The Morgan fingerprint density at radius 1 is 1.38 bits per heavy atom. The van der Waals surface area contributed by atoms with Crippen molar-refractivity contribution < 1.29 is 0 Å². The second-order valence-corrected chi connectivity index (χ2v) is 9.69. The van der Waals surface area contributed by atoms with Crippen LogP contribution in [0.4, 0.5) is 0 Å². The van der Waals surface area contributed by atoms with E-state index in [9.17, 15) is 0 Å². The van der Waals surface area contributed by atoms with Crippen molar-refractivity contribution in [3.05, 3.63) is 11.1 Å². The normalized spacial score (nSPS) is 27.0. The third-order valence-electron chi connectivity index (χ3n) is 4.52. The fraction of sp³-hybridized carbons (Fsp3) is 0.824. The van der Waals surface area contributed by atoms with Gasteiger partial charge in [0.05, 0.1) is 0 Å². The van der Waals surface area contributed by atoms with E-state index in [1.54, 1.807) is 11.3 Å². The molecule has 1 fully saturated rings. The zero-order valence-electron chi connectivity index (χ0n) is 14.1. The number of rotatable bonds is 5. The topological polar surface area (TPSA) is 24.9 Å². The van der Waals surface area contributed by atoms with Crippen LogP contribution < -0.4 is 5.32 Å². The Balaban J connectivity index is 2.05. The lowest BCUT2D eigenvalue weighted by atomic mass is 9.71. The summed E-state index contributed by atoms with van der Waals surface area (Å²) < 4.78 is 1.25. The molecule has 0 bridgehead atoms. The third kappa shape index (κ3) is 4.97. The average molecular weight is 327 g/mol. The van der Waals surface area contributed by atoms with Gasteiger partial charge >= 0.3 is 0 Å². The summed E-state index contributed by atoms with van der Waals surface area (Å²) in [6, 6.07) is 0.651. The lowest BCUT2D eigenvalue weighted by molar-refractivity contribution is 0.165. The van der Waals surface area contributed by atoms with Crippen molar-refractivity contribution in [1.29, 1.82) is 0 Å². The molecule has 1 aromatic rings. The van der Waals surface area contributed by atoms with Gasteiger partial charge in [-0.15, -0.1) is 11.3 Å². The highest BCUT2D eigenvalue weighted by Gasteiger charge is 2.36. The van der Waals surface area contributed by atoms with Gasteiger partial charge in [-0.3, -0.25) is 0 Å². The minimum Gasteiger partial charge on any atom is -0.313 e. The van der Waals surface area contributed by atoms with Crippen LogP contribution in [0.15, 0.2) is 9.72 Å². The summed E-state index contributed by atoms with van der Waals surface area (Å²) in [6.07, 6.45) is 5.20. The van der Waals surface area contributed by atoms with Crippen molar-refractivity contribution in [1.82, 2.24) is 10.3 Å². The fourth-order valence-electron chi connectivity index (χ4n) is 3.13. The van der Waals surface area contributed by atoms with E-state index in [0.717, 1.165) is 18.2 Å². The minimum absolute atomic E-state index is 0.424. The van der Waals surface area contributed by atoms with Gasteiger partial charge in [-0.1, -0.05) is 39.5 Å². The summed E-state index contributed by atoms with van der Waals surface area (Å²) in [5, 5.41) is 6.61. The quantitative estimate of drug-likeness (QED) is 0.812. The molecule has 2 rings (SSSR count). The molecule has 3 unspecified atom stereocenters. The number of aromatic nitrogens is 1. The molecule has 0 radical (unpaired) electrons. The minimum atomic E-state index is 0.424. The molecule has 1 saturated carbocycles. The fourth-order valence-corrected chi connectivity index (χ4v) is 5.56. The van der Waals surface area contributed by atoms with E-state index in [-0.39, 0.29) is 0 Å². The van der Waals surface area contributed by atoms with Gasteiger partial charge in [0.15, 0.2) is 0 Å². The second kappa shape index (κ2) is 7.47. The molecule has 1 N–H and O–H groups in total. The van der Waals surface area contributed by atoms with Crippen LogP contribution in [0.25, 0.3) is 0 Å². The van der Waals surface area contributed by atoms with Crippen molar-refractivity contribution in [3.63, 3.8) is 0 Å². The molecule has 0 spiro atoms. The molecule has 4 heteroatoms. The maximum atomic E-state index is 4.66. The first kappa shape index (κ1) is 17.3. The Morgan fingerprint density at radius 3 is 2.71 bits per heavy atom. The molecule has 0 aliphatic heterocycles. The van der Waals surface area contributed by atoms with Gasteiger partial charge in [0.2, 0.25) is 0 Å². The van der Waals surface area contributed by atoms with E-state index >= 15 is 0 Å². The molecule has 120 valence electrons. The van der Waals surface area contributed by atoms with Crippen LogP contribution in [0.2, 0.25) is 0 Å². The Labute approximate surface area is 138 Å². The van der Waals surface area contributed by atoms with Gasteiger partial charge in [-0.25, -0.2) is 4.98 Å². The van der Waals surface area contributed by atoms with Gasteiger partial charge in [-0.2, -0.15) is 0 Å². The first-order valence-corrected chi connectivity index (χ1v) is 9.98. The first-order valence-electron chi connectivity index (χ1n) is 8.22. The van der Waals surface area contributed by atoms with Crippen molar-refractivity contribution in [3.8, 4) is 0 Å². The zero-order chi connectivity index (χ0) is 15.5. The van der Waals surface area contributed by atoms with Crippen LogP contribution in [-0.2, 0) is 0 Å². The smallest absolute Gasteiger partial charge is 0.150 e. The molecular formula is C17H30N2S2. The van der Waals surface area contributed by atoms with Crippen LogP contribution in [-0.4, -0.2) is 22.8 Å². The van der Waals surface area contributed by atoms with Gasteiger partial charge < -0.3 is 5.32 Å². The van der Waals surface area contributed by atoms with Gasteiger partial charge in [0.25, 0.3) is 0 Å². The SMILES string of the molecule is CCCNC1CCC(C(C)(C)C)CC1Sc1nc(C)cs1. The number of hydrogen-bond donors (Lipinski definition) is 1. The van der Waals surface area contributed by atoms with E-state index in [1.165, 1.54) is 30.0 Å². The molecule has 1 aliphatic carbocycles. The molecule has 0 saturated heterocycles. The number of hydrogen-bond acceptors (Lipinski definition) is 4. The Hall–Kier alpha value is -0.0600. The lowest BCUT2D eigenvalue weighted by Crippen LogP contribution is -2.45. The molecule has 1 aromatic heterocycles. The molecule has 1 heterocycles. The number of nitrogens with one attached hydrogen (secondary N) is 1. The molecule has 0 amide bonds. The van der Waals surface area contributed by atoms with E-state index < -0.39 is 0 Å². The molecule has 3 atom stereocenters. The number of thiazole rings is 1. The molecule has 1 aliphatic rings. The Kier molecular flexibility index (Phi) is 6.15. The van der Waals surface area contributed by atoms with E-state index in [2.05, 4.69) is 50.3 Å². The van der Waals surface area contributed by atoms with Crippen molar-refractivity contribution in [2.45, 2.75) is 75.9 Å². The monoisotopic (exact) mass is 326 g/mol. The van der Waals surface area contributed by atoms with Crippen LogP contribution >= 0.6 is 23.1 Å². The van der Waals surface area contributed by atoms with Crippen LogP contribution in [0, 0.1) is 18.3 Å². The van der Waals surface area contributed by atoms with Gasteiger partial charge in [-0.05, 0) is 50.5 Å². The predicted molar refractivity (Wildman–Crippen MR) is 95.4 cm³/mol. The summed E-state index contributed by atoms with van der Waals surface area (Å²) >= 11 is 3.81. The standard InChI is InChI=1S/C17H30N2S2/c1-6-9-18-14-8-7-13(17(3,4)5)10-15(14)21-16-19-12(2)11-20-16/h11,13-15,18H,6-10H2,1-5H3. The number of aryl methyl sites for hydroxylation is 1. The summed E-state index contributed by atoms with van der Waals surface area (Å²) in [5.74, 6) is 0.829. The van der Waals surface area contributed by atoms with E-state index in [0.29, 0.717) is 16.7 Å². The number of thioether (sulfide) groups is 1. The zero-order valence-corrected chi connectivity index (χ0v) is 15.7. The van der Waals surface area contributed by atoms with Crippen molar-refractivity contribution >= 4 is 23.1 Å². The van der Waals surface area contributed by atoms with Crippen LogP contribution in [0.1, 0.15) is 59.1 Å². The van der Waals surface area contributed by atoms with Gasteiger partial charge in [0.1, 0.15) is 4.34 Å². The largest absolute Gasteiger partial charge is 0.313 e. The average Bonchev–Trinajstić information content (AvgIpc) is 2.81. The van der Waals surface area contributed by atoms with Crippen LogP contribution in [0.3, 0.4) is 0 Å². The Bertz CT molecular complexity index is 436. The highest BCUT2D eigenvalue weighted by molar-refractivity contribution is 8.01. The second-order valence-electron chi connectivity index (χ2n) is 7.35. The van der Waals surface area contributed by atoms with E-state index in [1.807, 2.05) is 11.8 Å². The Morgan fingerprint density at radius 2 is 2.14 bits per heavy atom. The third-order valence-corrected chi connectivity index (χ3v) is 6.97. The summed E-state index contributed by atoms with van der Waals surface area (Å²) in [7, 11) is 0. The van der Waals surface area contributed by atoms with E-state index in [4.69, 9.17) is 0 Å². The summed E-state index contributed by atoms with van der Waals surface area (Å²) in [4.78, 5) is 4.66. The molecular weight excluding hydrogens is 296 g/mol. The molecule has 21 heavy (non-hydrogen) atoms. The number of nitrogens with zero attached hydrogens (tertiary/aromatic N) is 1. The maximum absolute atomic E-state index is 4.66. The summed E-state index contributed by atoms with van der Waals surface area (Å²) in [6.45, 7) is 12.7.